The van der Waals surface area contributed by atoms with Gasteiger partial charge in [0.1, 0.15) is 0 Å². The maximum Gasteiger partial charge on any atom is 0.0342 e. The SMILES string of the molecule is C(=C\c1ccc(-c2cccs2)cc1)/c1ccc(/C=C/c2ccc(-c3cccs3)cc2)cc1. The van der Waals surface area contributed by atoms with Gasteiger partial charge in [0.25, 0.3) is 0 Å². The summed E-state index contributed by atoms with van der Waals surface area (Å²) in [6.45, 7) is 0. The van der Waals surface area contributed by atoms with E-state index in [2.05, 4.69) is 132 Å². The molecule has 0 aliphatic heterocycles. The van der Waals surface area contributed by atoms with Crippen molar-refractivity contribution in [1.29, 1.82) is 0 Å². The van der Waals surface area contributed by atoms with Crippen LogP contribution in [0.1, 0.15) is 22.3 Å². The van der Waals surface area contributed by atoms with Crippen molar-refractivity contribution >= 4 is 47.0 Å². The van der Waals surface area contributed by atoms with E-state index >= 15 is 0 Å². The van der Waals surface area contributed by atoms with E-state index in [1.54, 1.807) is 22.7 Å². The van der Waals surface area contributed by atoms with E-state index in [1.165, 1.54) is 43.1 Å². The van der Waals surface area contributed by atoms with Gasteiger partial charge in [0.2, 0.25) is 0 Å². The first-order valence-corrected chi connectivity index (χ1v) is 12.3. The zero-order valence-corrected chi connectivity index (χ0v) is 19.2. The first kappa shape index (κ1) is 20.4. The molecule has 2 aromatic heterocycles. The summed E-state index contributed by atoms with van der Waals surface area (Å²) in [5.74, 6) is 0. The molecule has 0 N–H and O–H groups in total. The average molecular weight is 447 g/mol. The van der Waals surface area contributed by atoms with E-state index in [-0.39, 0.29) is 0 Å². The highest BCUT2D eigenvalue weighted by Gasteiger charge is 1.99. The lowest BCUT2D eigenvalue weighted by atomic mass is 10.1. The first-order chi connectivity index (χ1) is 15.8. The molecule has 0 saturated carbocycles. The predicted molar refractivity (Wildman–Crippen MR) is 144 cm³/mol. The van der Waals surface area contributed by atoms with Crippen LogP contribution in [-0.4, -0.2) is 0 Å². The van der Waals surface area contributed by atoms with Gasteiger partial charge in [0.05, 0.1) is 0 Å². The molecule has 0 spiro atoms. The van der Waals surface area contributed by atoms with E-state index in [9.17, 15) is 0 Å². The lowest BCUT2D eigenvalue weighted by molar-refractivity contribution is 1.61. The first-order valence-electron chi connectivity index (χ1n) is 10.6. The van der Waals surface area contributed by atoms with Crippen LogP contribution in [0.2, 0.25) is 0 Å². The van der Waals surface area contributed by atoms with Crippen molar-refractivity contribution in [3.63, 3.8) is 0 Å². The number of hydrogen-bond acceptors (Lipinski definition) is 2. The van der Waals surface area contributed by atoms with Crippen molar-refractivity contribution in [2.24, 2.45) is 0 Å². The van der Waals surface area contributed by atoms with Crippen molar-refractivity contribution in [1.82, 2.24) is 0 Å². The topological polar surface area (TPSA) is 0 Å². The minimum absolute atomic E-state index is 1.20. The molecule has 32 heavy (non-hydrogen) atoms. The predicted octanol–water partition coefficient (Wildman–Crippen LogP) is 9.48. The highest BCUT2D eigenvalue weighted by molar-refractivity contribution is 7.13. The third-order valence-corrected chi connectivity index (χ3v) is 7.14. The minimum Gasteiger partial charge on any atom is -0.144 e. The molecule has 2 heterocycles. The Morgan fingerprint density at radius 3 is 0.969 bits per heavy atom. The molecule has 0 nitrogen and oxygen atoms in total. The minimum atomic E-state index is 1.20. The molecule has 5 rings (SSSR count). The lowest BCUT2D eigenvalue weighted by Crippen LogP contribution is -1.77. The fourth-order valence-corrected chi connectivity index (χ4v) is 4.97. The maximum absolute atomic E-state index is 2.19. The van der Waals surface area contributed by atoms with E-state index in [4.69, 9.17) is 0 Å². The van der Waals surface area contributed by atoms with Gasteiger partial charge in [-0.15, -0.1) is 22.7 Å². The van der Waals surface area contributed by atoms with Crippen molar-refractivity contribution in [2.75, 3.05) is 0 Å². The van der Waals surface area contributed by atoms with Crippen LogP contribution in [0.5, 0.6) is 0 Å². The Labute approximate surface area is 197 Å². The molecule has 0 aliphatic carbocycles. The third-order valence-electron chi connectivity index (χ3n) is 5.31. The van der Waals surface area contributed by atoms with Gasteiger partial charge in [-0.1, -0.05) is 109 Å². The molecule has 0 atom stereocenters. The van der Waals surface area contributed by atoms with E-state index in [0.717, 1.165) is 0 Å². The Balaban J connectivity index is 1.21. The Hall–Kier alpha value is -3.46. The lowest BCUT2D eigenvalue weighted by Gasteiger charge is -2.00. The number of hydrogen-bond donors (Lipinski definition) is 0. The molecule has 0 fully saturated rings. The zero-order valence-electron chi connectivity index (χ0n) is 17.5. The molecule has 2 heteroatoms. The third kappa shape index (κ3) is 5.05. The molecule has 0 amide bonds. The van der Waals surface area contributed by atoms with Gasteiger partial charge < -0.3 is 0 Å². The monoisotopic (exact) mass is 446 g/mol. The Morgan fingerprint density at radius 1 is 0.375 bits per heavy atom. The van der Waals surface area contributed by atoms with Crippen LogP contribution in [0, 0.1) is 0 Å². The Bertz CT molecular complexity index is 1200. The maximum atomic E-state index is 2.19. The van der Waals surface area contributed by atoms with Crippen molar-refractivity contribution in [3.8, 4) is 20.9 Å². The standard InChI is InChI=1S/C30H22S2/c1-3-29(31-21-1)27-17-13-25(14-18-27)11-9-23-5-7-24(8-6-23)10-12-26-15-19-28(20-16-26)30-4-2-22-32-30/h1-22H/b11-9+,12-10+. The normalized spacial score (nSPS) is 11.5. The largest absolute Gasteiger partial charge is 0.144 e. The van der Waals surface area contributed by atoms with Crippen LogP contribution >= 0.6 is 22.7 Å². The summed E-state index contributed by atoms with van der Waals surface area (Å²) >= 11 is 3.55. The van der Waals surface area contributed by atoms with E-state index in [1.807, 2.05) is 0 Å². The highest BCUT2D eigenvalue weighted by atomic mass is 32.1. The van der Waals surface area contributed by atoms with Gasteiger partial charge in [-0.2, -0.15) is 0 Å². The molecular formula is C30H22S2. The number of rotatable bonds is 6. The molecule has 154 valence electrons. The summed E-state index contributed by atoms with van der Waals surface area (Å²) in [4.78, 5) is 2.62. The quantitative estimate of drug-likeness (QED) is 0.228. The number of benzene rings is 3. The van der Waals surface area contributed by atoms with Gasteiger partial charge in [-0.3, -0.25) is 0 Å². The summed E-state index contributed by atoms with van der Waals surface area (Å²) in [6, 6.07) is 34.6. The van der Waals surface area contributed by atoms with E-state index < -0.39 is 0 Å². The van der Waals surface area contributed by atoms with Crippen LogP contribution in [0.3, 0.4) is 0 Å². The molecule has 0 saturated heterocycles. The molecule has 0 aliphatic rings. The van der Waals surface area contributed by atoms with Crippen LogP contribution in [0.15, 0.2) is 108 Å². The van der Waals surface area contributed by atoms with Gasteiger partial charge >= 0.3 is 0 Å². The second kappa shape index (κ2) is 9.78. The molecule has 0 radical (unpaired) electrons. The summed E-state index contributed by atoms with van der Waals surface area (Å²) in [5, 5.41) is 4.23. The van der Waals surface area contributed by atoms with Crippen LogP contribution in [0.4, 0.5) is 0 Å². The summed E-state index contributed by atoms with van der Waals surface area (Å²) in [6.07, 6.45) is 8.66. The molecule has 0 bridgehead atoms. The van der Waals surface area contributed by atoms with Gasteiger partial charge in [-0.25, -0.2) is 0 Å². The van der Waals surface area contributed by atoms with Crippen LogP contribution in [0.25, 0.3) is 45.2 Å². The van der Waals surface area contributed by atoms with Crippen molar-refractivity contribution < 1.29 is 0 Å². The van der Waals surface area contributed by atoms with Crippen LogP contribution in [-0.2, 0) is 0 Å². The zero-order chi connectivity index (χ0) is 21.6. The molecular weight excluding hydrogens is 424 g/mol. The average Bonchev–Trinajstić information content (AvgIpc) is 3.58. The fraction of sp³-hybridized carbons (Fsp3) is 0. The van der Waals surface area contributed by atoms with Gasteiger partial charge in [0.15, 0.2) is 0 Å². The second-order valence-electron chi connectivity index (χ2n) is 7.53. The van der Waals surface area contributed by atoms with Crippen molar-refractivity contribution in [3.05, 3.63) is 130 Å². The number of thiophene rings is 2. The fourth-order valence-electron chi connectivity index (χ4n) is 3.51. The molecule has 3 aromatic carbocycles. The summed E-state index contributed by atoms with van der Waals surface area (Å²) in [7, 11) is 0. The highest BCUT2D eigenvalue weighted by Crippen LogP contribution is 2.26. The Morgan fingerprint density at radius 2 is 0.688 bits per heavy atom. The van der Waals surface area contributed by atoms with Crippen LogP contribution < -0.4 is 0 Å². The van der Waals surface area contributed by atoms with Gasteiger partial charge in [0, 0.05) is 9.75 Å². The molecule has 0 unspecified atom stereocenters. The van der Waals surface area contributed by atoms with Crippen molar-refractivity contribution in [2.45, 2.75) is 0 Å². The molecule has 5 aromatic rings. The summed E-state index contributed by atoms with van der Waals surface area (Å²) in [5.41, 5.74) is 7.36. The Kier molecular flexibility index (Phi) is 6.25. The van der Waals surface area contributed by atoms with Gasteiger partial charge in [-0.05, 0) is 56.3 Å². The van der Waals surface area contributed by atoms with E-state index in [0.29, 0.717) is 0 Å². The summed E-state index contributed by atoms with van der Waals surface area (Å²) < 4.78 is 0. The second-order valence-corrected chi connectivity index (χ2v) is 9.43. The smallest absolute Gasteiger partial charge is 0.0342 e.